The first kappa shape index (κ1) is 27.6. The first-order chi connectivity index (χ1) is 17.0. The lowest BCUT2D eigenvalue weighted by Crippen LogP contribution is -2.48. The number of benzene rings is 1. The highest BCUT2D eigenvalue weighted by atomic mass is 35.5. The smallest absolute Gasteiger partial charge is 0.482 e. The maximum atomic E-state index is 12.9. The SMILES string of the molecule is CNc1nc(NC2CCC(N(OC(=O)C(F)(F)F)C(=O)COc3cccc(Cl)c3Cl)CC2)ncc1C. The molecule has 1 fully saturated rings. The van der Waals surface area contributed by atoms with Crippen molar-refractivity contribution in [1.29, 1.82) is 0 Å². The molecule has 0 atom stereocenters. The molecule has 14 heteroatoms. The molecule has 3 rings (SSSR count). The van der Waals surface area contributed by atoms with Gasteiger partial charge in [0.25, 0.3) is 5.91 Å². The molecule has 9 nitrogen and oxygen atoms in total. The third kappa shape index (κ3) is 7.03. The Hall–Kier alpha value is -2.99. The zero-order valence-electron chi connectivity index (χ0n) is 19.4. The fourth-order valence-corrected chi connectivity index (χ4v) is 4.02. The predicted molar refractivity (Wildman–Crippen MR) is 127 cm³/mol. The van der Waals surface area contributed by atoms with Crippen molar-refractivity contribution < 1.29 is 32.3 Å². The van der Waals surface area contributed by atoms with Crippen molar-refractivity contribution in [1.82, 2.24) is 15.0 Å². The molecular weight excluding hydrogens is 526 g/mol. The molecule has 0 saturated heterocycles. The molecule has 2 aromatic rings. The monoisotopic (exact) mass is 549 g/mol. The summed E-state index contributed by atoms with van der Waals surface area (Å²) < 4.78 is 44.0. The fraction of sp³-hybridized carbons (Fsp3) is 0.455. The molecule has 0 bridgehead atoms. The molecular formula is C22H24Cl2F3N5O4. The van der Waals surface area contributed by atoms with Crippen LogP contribution in [0, 0.1) is 6.92 Å². The third-order valence-corrected chi connectivity index (χ3v) is 6.30. The van der Waals surface area contributed by atoms with Crippen molar-refractivity contribution in [2.45, 2.75) is 50.9 Å². The number of hydrogen-bond acceptors (Lipinski definition) is 8. The number of hydroxylamine groups is 2. The number of aryl methyl sites for hydroxylation is 1. The standard InChI is InChI=1S/C22H24Cl2F3N5O4/c1-12-10-29-21(31-19(12)28-2)30-13-6-8-14(9-7-13)32(36-20(34)22(25,26)27)17(33)11-35-16-5-3-4-15(23)18(16)24/h3-5,10,13-14H,6-9,11H2,1-2H3,(H2,28,29,30,31). The summed E-state index contributed by atoms with van der Waals surface area (Å²) in [5.41, 5.74) is 0.869. The Morgan fingerprint density at radius 1 is 1.19 bits per heavy atom. The lowest BCUT2D eigenvalue weighted by Gasteiger charge is -2.35. The lowest BCUT2D eigenvalue weighted by atomic mass is 9.91. The number of ether oxygens (including phenoxy) is 1. The number of nitrogens with one attached hydrogen (secondary N) is 2. The van der Waals surface area contributed by atoms with Gasteiger partial charge in [-0.15, -0.1) is 0 Å². The van der Waals surface area contributed by atoms with Crippen LogP contribution in [-0.2, 0) is 14.4 Å². The molecule has 196 valence electrons. The molecule has 1 heterocycles. The minimum atomic E-state index is -5.28. The second-order valence-corrected chi connectivity index (χ2v) is 8.85. The Morgan fingerprint density at radius 2 is 1.89 bits per heavy atom. The summed E-state index contributed by atoms with van der Waals surface area (Å²) in [6.07, 6.45) is -2.16. The van der Waals surface area contributed by atoms with E-state index in [1.165, 1.54) is 18.2 Å². The van der Waals surface area contributed by atoms with Gasteiger partial charge in [0.05, 0.1) is 11.1 Å². The Bertz CT molecular complexity index is 1100. The Balaban J connectivity index is 1.66. The molecule has 0 unspecified atom stereocenters. The Labute approximate surface area is 215 Å². The van der Waals surface area contributed by atoms with Crippen LogP contribution in [0.3, 0.4) is 0 Å². The minimum Gasteiger partial charge on any atom is -0.482 e. The van der Waals surface area contributed by atoms with Crippen LogP contribution in [0.5, 0.6) is 5.75 Å². The van der Waals surface area contributed by atoms with Gasteiger partial charge < -0.3 is 20.2 Å². The summed E-state index contributed by atoms with van der Waals surface area (Å²) in [5.74, 6) is -2.34. The van der Waals surface area contributed by atoms with Gasteiger partial charge in [0.1, 0.15) is 16.6 Å². The highest BCUT2D eigenvalue weighted by molar-refractivity contribution is 6.42. The van der Waals surface area contributed by atoms with Gasteiger partial charge in [-0.1, -0.05) is 29.3 Å². The molecule has 0 spiro atoms. The summed E-state index contributed by atoms with van der Waals surface area (Å²) in [6, 6.07) is 3.60. The second kappa shape index (κ2) is 11.8. The van der Waals surface area contributed by atoms with Gasteiger partial charge in [-0.05, 0) is 44.7 Å². The number of rotatable bonds is 7. The number of carbonyl (C=O) groups is 2. The first-order valence-corrected chi connectivity index (χ1v) is 11.7. The maximum Gasteiger partial charge on any atom is 0.493 e. The number of hydrogen-bond donors (Lipinski definition) is 2. The van der Waals surface area contributed by atoms with E-state index >= 15 is 0 Å². The normalized spacial score (nSPS) is 17.8. The van der Waals surface area contributed by atoms with Crippen LogP contribution in [0.15, 0.2) is 24.4 Å². The summed E-state index contributed by atoms with van der Waals surface area (Å²) in [6.45, 7) is 1.14. The highest BCUT2D eigenvalue weighted by Gasteiger charge is 2.45. The van der Waals surface area contributed by atoms with Crippen molar-refractivity contribution >= 4 is 46.8 Å². The molecule has 1 saturated carbocycles. The van der Waals surface area contributed by atoms with Gasteiger partial charge in [-0.25, -0.2) is 9.78 Å². The number of halogens is 5. The second-order valence-electron chi connectivity index (χ2n) is 8.06. The van der Waals surface area contributed by atoms with Crippen LogP contribution in [-0.4, -0.2) is 58.8 Å². The van der Waals surface area contributed by atoms with E-state index in [0.29, 0.717) is 29.7 Å². The molecule has 0 aliphatic heterocycles. The Morgan fingerprint density at radius 3 is 2.53 bits per heavy atom. The quantitative estimate of drug-likeness (QED) is 0.475. The molecule has 2 N–H and O–H groups in total. The topological polar surface area (TPSA) is 106 Å². The van der Waals surface area contributed by atoms with Crippen LogP contribution < -0.4 is 15.4 Å². The maximum absolute atomic E-state index is 12.9. The number of nitrogens with zero attached hydrogens (tertiary/aromatic N) is 3. The summed E-state index contributed by atoms with van der Waals surface area (Å²) in [5, 5.41) is 6.82. The lowest BCUT2D eigenvalue weighted by molar-refractivity contribution is -0.245. The number of alkyl halides is 3. The molecule has 36 heavy (non-hydrogen) atoms. The van der Waals surface area contributed by atoms with Gasteiger partial charge in [-0.3, -0.25) is 4.79 Å². The highest BCUT2D eigenvalue weighted by Crippen LogP contribution is 2.32. The summed E-state index contributed by atoms with van der Waals surface area (Å²) >= 11 is 11.9. The van der Waals surface area contributed by atoms with Gasteiger partial charge in [0, 0.05) is 24.8 Å². The van der Waals surface area contributed by atoms with Crippen LogP contribution in [0.4, 0.5) is 24.9 Å². The number of aromatic nitrogens is 2. The van der Waals surface area contributed by atoms with E-state index in [-0.39, 0.29) is 34.7 Å². The average Bonchev–Trinajstić information content (AvgIpc) is 2.84. The van der Waals surface area contributed by atoms with E-state index in [9.17, 15) is 22.8 Å². The zero-order valence-corrected chi connectivity index (χ0v) is 20.9. The average molecular weight is 550 g/mol. The van der Waals surface area contributed by atoms with E-state index in [1.54, 1.807) is 13.2 Å². The van der Waals surface area contributed by atoms with Gasteiger partial charge in [0.2, 0.25) is 5.95 Å². The van der Waals surface area contributed by atoms with Gasteiger partial charge >= 0.3 is 12.1 Å². The van der Waals surface area contributed by atoms with Crippen LogP contribution >= 0.6 is 23.2 Å². The summed E-state index contributed by atoms with van der Waals surface area (Å²) in [4.78, 5) is 37.4. The fourth-order valence-electron chi connectivity index (χ4n) is 3.67. The van der Waals surface area contributed by atoms with E-state index in [2.05, 4.69) is 25.4 Å². The molecule has 1 aliphatic rings. The predicted octanol–water partition coefficient (Wildman–Crippen LogP) is 4.78. The van der Waals surface area contributed by atoms with Crippen LogP contribution in [0.25, 0.3) is 0 Å². The number of carbonyl (C=O) groups excluding carboxylic acids is 2. The van der Waals surface area contributed by atoms with E-state index in [1.807, 2.05) is 6.92 Å². The number of anilines is 2. The molecule has 1 aromatic carbocycles. The molecule has 0 radical (unpaired) electrons. The Kier molecular flexibility index (Phi) is 9.07. The molecule has 1 amide bonds. The van der Waals surface area contributed by atoms with Crippen molar-refractivity contribution in [3.05, 3.63) is 40.0 Å². The first-order valence-electron chi connectivity index (χ1n) is 11.0. The third-order valence-electron chi connectivity index (χ3n) is 5.50. The van der Waals surface area contributed by atoms with Crippen LogP contribution in [0.1, 0.15) is 31.2 Å². The minimum absolute atomic E-state index is 0.0390. The van der Waals surface area contributed by atoms with E-state index < -0.39 is 30.7 Å². The summed E-state index contributed by atoms with van der Waals surface area (Å²) in [7, 11) is 1.74. The largest absolute Gasteiger partial charge is 0.493 e. The molecule has 1 aliphatic carbocycles. The van der Waals surface area contributed by atoms with Crippen molar-refractivity contribution in [2.75, 3.05) is 24.3 Å². The van der Waals surface area contributed by atoms with Crippen molar-refractivity contribution in [3.8, 4) is 5.75 Å². The van der Waals surface area contributed by atoms with Crippen molar-refractivity contribution in [3.63, 3.8) is 0 Å². The zero-order chi connectivity index (χ0) is 26.5. The molecule has 1 aromatic heterocycles. The number of amides is 1. The van der Waals surface area contributed by atoms with Gasteiger partial charge in [0.15, 0.2) is 6.61 Å². The van der Waals surface area contributed by atoms with E-state index in [0.717, 1.165) is 5.56 Å². The van der Waals surface area contributed by atoms with Gasteiger partial charge in [-0.2, -0.15) is 23.2 Å². The van der Waals surface area contributed by atoms with E-state index in [4.69, 9.17) is 27.9 Å². The van der Waals surface area contributed by atoms with Crippen molar-refractivity contribution in [2.24, 2.45) is 0 Å². The van der Waals surface area contributed by atoms with Crippen LogP contribution in [0.2, 0.25) is 10.0 Å².